The zero-order valence-corrected chi connectivity index (χ0v) is 12.5. The van der Waals surface area contributed by atoms with E-state index in [2.05, 4.69) is 10.3 Å². The van der Waals surface area contributed by atoms with Gasteiger partial charge in [-0.05, 0) is 38.1 Å². The SMILES string of the molecule is CC1(C)OC[C@@H](CNC(=O)c2ccc(-c3ccccn3)o2)O1. The molecule has 0 bridgehead atoms. The van der Waals surface area contributed by atoms with Crippen molar-refractivity contribution in [2.24, 2.45) is 0 Å². The van der Waals surface area contributed by atoms with E-state index in [1.54, 1.807) is 18.3 Å². The third-order valence-corrected chi connectivity index (χ3v) is 3.30. The molecule has 116 valence electrons. The summed E-state index contributed by atoms with van der Waals surface area (Å²) >= 11 is 0. The molecule has 1 aliphatic heterocycles. The summed E-state index contributed by atoms with van der Waals surface area (Å²) in [4.78, 5) is 16.3. The summed E-state index contributed by atoms with van der Waals surface area (Å²) in [6.07, 6.45) is 1.53. The van der Waals surface area contributed by atoms with E-state index in [0.717, 1.165) is 0 Å². The van der Waals surface area contributed by atoms with Crippen molar-refractivity contribution in [2.75, 3.05) is 13.2 Å². The minimum absolute atomic E-state index is 0.149. The van der Waals surface area contributed by atoms with Crippen LogP contribution in [0.4, 0.5) is 0 Å². The van der Waals surface area contributed by atoms with Gasteiger partial charge in [-0.3, -0.25) is 9.78 Å². The fourth-order valence-corrected chi connectivity index (χ4v) is 2.26. The third kappa shape index (κ3) is 3.35. The molecule has 0 aromatic carbocycles. The van der Waals surface area contributed by atoms with E-state index in [1.807, 2.05) is 32.0 Å². The van der Waals surface area contributed by atoms with Crippen LogP contribution in [0.25, 0.3) is 11.5 Å². The molecule has 1 aliphatic rings. The Morgan fingerprint density at radius 2 is 2.23 bits per heavy atom. The number of carbonyl (C=O) groups is 1. The second-order valence-electron chi connectivity index (χ2n) is 5.54. The molecule has 22 heavy (non-hydrogen) atoms. The lowest BCUT2D eigenvalue weighted by Gasteiger charge is -2.17. The predicted octanol–water partition coefficient (Wildman–Crippen LogP) is 2.22. The monoisotopic (exact) mass is 302 g/mol. The Hall–Kier alpha value is -2.18. The van der Waals surface area contributed by atoms with E-state index in [1.165, 1.54) is 0 Å². The first-order valence-corrected chi connectivity index (χ1v) is 7.15. The highest BCUT2D eigenvalue weighted by Crippen LogP contribution is 2.22. The number of aromatic nitrogens is 1. The zero-order valence-electron chi connectivity index (χ0n) is 12.5. The average Bonchev–Trinajstić information content (AvgIpc) is 3.12. The molecule has 1 N–H and O–H groups in total. The van der Waals surface area contributed by atoms with Crippen molar-refractivity contribution < 1.29 is 18.7 Å². The Bertz CT molecular complexity index is 651. The number of ether oxygens (including phenoxy) is 2. The zero-order chi connectivity index (χ0) is 15.6. The minimum atomic E-state index is -0.591. The Balaban J connectivity index is 1.58. The van der Waals surface area contributed by atoms with Crippen molar-refractivity contribution in [3.63, 3.8) is 0 Å². The first-order chi connectivity index (χ1) is 10.5. The van der Waals surface area contributed by atoms with Gasteiger partial charge in [-0.25, -0.2) is 0 Å². The van der Waals surface area contributed by atoms with Gasteiger partial charge in [0.25, 0.3) is 5.91 Å². The van der Waals surface area contributed by atoms with E-state index in [9.17, 15) is 4.79 Å². The maximum Gasteiger partial charge on any atom is 0.287 e. The molecule has 3 rings (SSSR count). The Kier molecular flexibility index (Phi) is 3.96. The summed E-state index contributed by atoms with van der Waals surface area (Å²) in [5.41, 5.74) is 0.691. The number of furan rings is 1. The van der Waals surface area contributed by atoms with Gasteiger partial charge < -0.3 is 19.2 Å². The fraction of sp³-hybridized carbons (Fsp3) is 0.375. The molecule has 0 spiro atoms. The summed E-state index contributed by atoms with van der Waals surface area (Å²) in [6.45, 7) is 4.54. The number of hydrogen-bond acceptors (Lipinski definition) is 5. The number of nitrogens with one attached hydrogen (secondary N) is 1. The van der Waals surface area contributed by atoms with Gasteiger partial charge in [-0.2, -0.15) is 0 Å². The minimum Gasteiger partial charge on any atom is -0.449 e. The van der Waals surface area contributed by atoms with E-state index in [-0.39, 0.29) is 17.8 Å². The molecular weight excluding hydrogens is 284 g/mol. The molecule has 0 saturated carbocycles. The molecule has 6 nitrogen and oxygen atoms in total. The van der Waals surface area contributed by atoms with Crippen molar-refractivity contribution in [1.82, 2.24) is 10.3 Å². The molecule has 1 atom stereocenters. The summed E-state index contributed by atoms with van der Waals surface area (Å²) in [5, 5.41) is 2.79. The van der Waals surface area contributed by atoms with Crippen molar-refractivity contribution in [3.05, 3.63) is 42.3 Å². The lowest BCUT2D eigenvalue weighted by molar-refractivity contribution is -0.137. The summed E-state index contributed by atoms with van der Waals surface area (Å²) in [5.74, 6) is -0.0617. The normalized spacial score (nSPS) is 20.0. The highest BCUT2D eigenvalue weighted by Gasteiger charge is 2.32. The molecule has 3 heterocycles. The molecular formula is C16H18N2O4. The molecule has 0 aliphatic carbocycles. The van der Waals surface area contributed by atoms with E-state index in [4.69, 9.17) is 13.9 Å². The van der Waals surface area contributed by atoms with Gasteiger partial charge >= 0.3 is 0 Å². The molecule has 0 radical (unpaired) electrons. The van der Waals surface area contributed by atoms with Crippen LogP contribution in [0.5, 0.6) is 0 Å². The topological polar surface area (TPSA) is 73.6 Å². The Labute approximate surface area is 128 Å². The number of carbonyl (C=O) groups excluding carboxylic acids is 1. The van der Waals surface area contributed by atoms with E-state index < -0.39 is 5.79 Å². The van der Waals surface area contributed by atoms with Crippen LogP contribution in [0.1, 0.15) is 24.4 Å². The first kappa shape index (κ1) is 14.7. The molecule has 1 fully saturated rings. The van der Waals surface area contributed by atoms with Crippen LogP contribution in [0.3, 0.4) is 0 Å². The number of nitrogens with zero attached hydrogens (tertiary/aromatic N) is 1. The van der Waals surface area contributed by atoms with Gasteiger partial charge in [0.2, 0.25) is 0 Å². The highest BCUT2D eigenvalue weighted by atomic mass is 16.7. The van der Waals surface area contributed by atoms with Crippen molar-refractivity contribution in [1.29, 1.82) is 0 Å². The Morgan fingerprint density at radius 3 is 2.91 bits per heavy atom. The van der Waals surface area contributed by atoms with Crippen LogP contribution in [-0.2, 0) is 9.47 Å². The largest absolute Gasteiger partial charge is 0.449 e. The highest BCUT2D eigenvalue weighted by molar-refractivity contribution is 5.92. The predicted molar refractivity (Wildman–Crippen MR) is 79.2 cm³/mol. The molecule has 1 amide bonds. The maximum absolute atomic E-state index is 12.1. The number of amides is 1. The quantitative estimate of drug-likeness (QED) is 0.937. The Morgan fingerprint density at radius 1 is 1.36 bits per heavy atom. The van der Waals surface area contributed by atoms with Crippen LogP contribution in [-0.4, -0.2) is 35.9 Å². The molecule has 6 heteroatoms. The number of rotatable bonds is 4. The molecule has 2 aromatic heterocycles. The summed E-state index contributed by atoms with van der Waals surface area (Å²) in [7, 11) is 0. The van der Waals surface area contributed by atoms with Crippen LogP contribution in [0, 0.1) is 0 Å². The molecule has 1 saturated heterocycles. The first-order valence-electron chi connectivity index (χ1n) is 7.15. The number of pyridine rings is 1. The average molecular weight is 302 g/mol. The molecule has 0 unspecified atom stereocenters. The van der Waals surface area contributed by atoms with Gasteiger partial charge in [0.15, 0.2) is 17.3 Å². The van der Waals surface area contributed by atoms with Gasteiger partial charge in [0.1, 0.15) is 11.8 Å². The summed E-state index contributed by atoms with van der Waals surface area (Å²) in [6, 6.07) is 8.88. The summed E-state index contributed by atoms with van der Waals surface area (Å²) < 4.78 is 16.6. The standard InChI is InChI=1S/C16H18N2O4/c1-16(2)20-10-11(22-16)9-18-15(19)14-7-6-13(21-14)12-5-3-4-8-17-12/h3-8,11H,9-10H2,1-2H3,(H,18,19)/t11-/m1/s1. The van der Waals surface area contributed by atoms with Gasteiger partial charge in [0.05, 0.1) is 6.61 Å². The lowest BCUT2D eigenvalue weighted by Crippen LogP contribution is -2.34. The fourth-order valence-electron chi connectivity index (χ4n) is 2.26. The van der Waals surface area contributed by atoms with Crippen LogP contribution < -0.4 is 5.32 Å². The van der Waals surface area contributed by atoms with Crippen molar-refractivity contribution in [2.45, 2.75) is 25.7 Å². The number of hydrogen-bond donors (Lipinski definition) is 1. The van der Waals surface area contributed by atoms with Crippen molar-refractivity contribution in [3.8, 4) is 11.5 Å². The smallest absolute Gasteiger partial charge is 0.287 e. The second kappa shape index (κ2) is 5.90. The van der Waals surface area contributed by atoms with Crippen LogP contribution in [0.2, 0.25) is 0 Å². The van der Waals surface area contributed by atoms with Gasteiger partial charge in [-0.15, -0.1) is 0 Å². The molecule has 2 aromatic rings. The van der Waals surface area contributed by atoms with E-state index in [0.29, 0.717) is 24.6 Å². The van der Waals surface area contributed by atoms with Gasteiger partial charge in [-0.1, -0.05) is 6.07 Å². The second-order valence-corrected chi connectivity index (χ2v) is 5.54. The third-order valence-electron chi connectivity index (χ3n) is 3.30. The van der Waals surface area contributed by atoms with Crippen LogP contribution >= 0.6 is 0 Å². The van der Waals surface area contributed by atoms with Crippen molar-refractivity contribution >= 4 is 5.91 Å². The van der Waals surface area contributed by atoms with Gasteiger partial charge in [0, 0.05) is 12.7 Å². The maximum atomic E-state index is 12.1. The van der Waals surface area contributed by atoms with E-state index >= 15 is 0 Å². The lowest BCUT2D eigenvalue weighted by atomic mass is 10.3. The van der Waals surface area contributed by atoms with Crippen LogP contribution in [0.15, 0.2) is 40.9 Å².